The Labute approximate surface area is 110 Å². The quantitative estimate of drug-likeness (QED) is 0.166. The van der Waals surface area contributed by atoms with Crippen LogP contribution in [0, 0.1) is 0 Å². The highest BCUT2D eigenvalue weighted by molar-refractivity contribution is 5.81. The van der Waals surface area contributed by atoms with Crippen molar-refractivity contribution in [2.75, 3.05) is 19.8 Å². The minimum Gasteiger partial charge on any atom is -0.394 e. The van der Waals surface area contributed by atoms with Crippen LogP contribution in [-0.2, 0) is 9.53 Å². The van der Waals surface area contributed by atoms with E-state index < -0.39 is 43.2 Å². The zero-order chi connectivity index (χ0) is 15.0. The summed E-state index contributed by atoms with van der Waals surface area (Å²) in [5.41, 5.74) is 0. The molecule has 9 heteroatoms. The maximum atomic E-state index is 11.4. The monoisotopic (exact) mass is 283 g/mol. The average molecular weight is 283 g/mol. The molecular formula is C10H21NO8. The second-order valence-electron chi connectivity index (χ2n) is 3.94. The molecule has 114 valence electrons. The van der Waals surface area contributed by atoms with Crippen LogP contribution in [0.1, 0.15) is 6.92 Å². The van der Waals surface area contributed by atoms with Crippen molar-refractivity contribution >= 4 is 5.91 Å². The van der Waals surface area contributed by atoms with Gasteiger partial charge >= 0.3 is 0 Å². The highest BCUT2D eigenvalue weighted by Gasteiger charge is 2.33. The summed E-state index contributed by atoms with van der Waals surface area (Å²) in [4.78, 5) is 11.4. The van der Waals surface area contributed by atoms with E-state index in [4.69, 9.17) is 20.1 Å². The van der Waals surface area contributed by atoms with E-state index >= 15 is 0 Å². The maximum Gasteiger partial charge on any atom is 0.251 e. The van der Waals surface area contributed by atoms with E-state index in [0.717, 1.165) is 0 Å². The molecule has 0 aromatic heterocycles. The van der Waals surface area contributed by atoms with E-state index in [0.29, 0.717) is 0 Å². The zero-order valence-electron chi connectivity index (χ0n) is 10.5. The molecule has 0 spiro atoms. The first kappa shape index (κ1) is 18.2. The minimum atomic E-state index is -1.97. The molecule has 0 aliphatic rings. The van der Waals surface area contributed by atoms with Gasteiger partial charge in [-0.15, -0.1) is 0 Å². The molecular weight excluding hydrogens is 262 g/mol. The van der Waals surface area contributed by atoms with Gasteiger partial charge in [-0.2, -0.15) is 0 Å². The number of hydrogen-bond acceptors (Lipinski definition) is 8. The Hall–Kier alpha value is -0.810. The molecule has 1 unspecified atom stereocenters. The zero-order valence-corrected chi connectivity index (χ0v) is 10.5. The van der Waals surface area contributed by atoms with Crippen LogP contribution in [0.15, 0.2) is 0 Å². The highest BCUT2D eigenvalue weighted by Crippen LogP contribution is 2.05. The summed E-state index contributed by atoms with van der Waals surface area (Å²) in [5.74, 6) is -0.981. The molecule has 7 N–H and O–H groups in total. The van der Waals surface area contributed by atoms with Gasteiger partial charge in [-0.25, -0.2) is 0 Å². The fourth-order valence-corrected chi connectivity index (χ4v) is 1.19. The van der Waals surface area contributed by atoms with Crippen molar-refractivity contribution in [1.82, 2.24) is 5.32 Å². The minimum absolute atomic E-state index is 0.00591. The molecule has 0 saturated carbocycles. The van der Waals surface area contributed by atoms with Crippen LogP contribution < -0.4 is 5.32 Å². The number of hydrogen-bond donors (Lipinski definition) is 7. The van der Waals surface area contributed by atoms with Gasteiger partial charge in [0.05, 0.1) is 13.2 Å². The van der Waals surface area contributed by atoms with Crippen molar-refractivity contribution in [3.63, 3.8) is 0 Å². The van der Waals surface area contributed by atoms with Crippen molar-refractivity contribution < 1.29 is 40.2 Å². The van der Waals surface area contributed by atoms with Gasteiger partial charge < -0.3 is 40.7 Å². The lowest BCUT2D eigenvalue weighted by Gasteiger charge is -2.24. The number of ether oxygens (including phenoxy) is 1. The summed E-state index contributed by atoms with van der Waals surface area (Å²) in [7, 11) is 0. The number of nitrogens with one attached hydrogen (secondary N) is 1. The first-order valence-corrected chi connectivity index (χ1v) is 5.71. The standard InChI is InChI=1S/C10H21NO8/c1-5(13)19-3-2-11-10(18)9(17)8(16)7(15)6(14)4-12/h5-9,12-17H,2-4H2,1H3,(H,11,18)/t5?,6-,7-,8+,9-/m1/s1. The van der Waals surface area contributed by atoms with Gasteiger partial charge in [0.15, 0.2) is 12.4 Å². The molecule has 0 saturated heterocycles. The van der Waals surface area contributed by atoms with Gasteiger partial charge in [-0.1, -0.05) is 0 Å². The maximum absolute atomic E-state index is 11.4. The van der Waals surface area contributed by atoms with Crippen LogP contribution in [0.3, 0.4) is 0 Å². The van der Waals surface area contributed by atoms with E-state index in [1.54, 1.807) is 0 Å². The van der Waals surface area contributed by atoms with Gasteiger partial charge in [0.1, 0.15) is 18.3 Å². The summed E-state index contributed by atoms with van der Waals surface area (Å²) in [6, 6.07) is 0. The Balaban J connectivity index is 4.10. The fraction of sp³-hybridized carbons (Fsp3) is 0.900. The lowest BCUT2D eigenvalue weighted by atomic mass is 10.0. The van der Waals surface area contributed by atoms with E-state index in [9.17, 15) is 20.1 Å². The molecule has 0 heterocycles. The van der Waals surface area contributed by atoms with Crippen molar-refractivity contribution in [3.05, 3.63) is 0 Å². The van der Waals surface area contributed by atoms with Crippen LogP contribution in [0.4, 0.5) is 0 Å². The second-order valence-corrected chi connectivity index (χ2v) is 3.94. The van der Waals surface area contributed by atoms with E-state index in [2.05, 4.69) is 5.32 Å². The molecule has 1 amide bonds. The van der Waals surface area contributed by atoms with Crippen LogP contribution >= 0.6 is 0 Å². The van der Waals surface area contributed by atoms with Crippen LogP contribution in [0.5, 0.6) is 0 Å². The summed E-state index contributed by atoms with van der Waals surface area (Å²) < 4.78 is 4.71. The topological polar surface area (TPSA) is 160 Å². The number of amides is 1. The summed E-state index contributed by atoms with van der Waals surface area (Å²) in [5, 5.41) is 56.7. The van der Waals surface area contributed by atoms with Crippen molar-refractivity contribution in [2.24, 2.45) is 0 Å². The number of carbonyl (C=O) groups excluding carboxylic acids is 1. The third-order valence-electron chi connectivity index (χ3n) is 2.28. The number of carbonyl (C=O) groups is 1. The Bertz CT molecular complexity index is 262. The van der Waals surface area contributed by atoms with Gasteiger partial charge in [0, 0.05) is 6.54 Å². The van der Waals surface area contributed by atoms with Crippen molar-refractivity contribution in [2.45, 2.75) is 37.6 Å². The summed E-state index contributed by atoms with van der Waals surface area (Å²) >= 11 is 0. The number of rotatable bonds is 9. The molecule has 0 bridgehead atoms. The Morgan fingerprint density at radius 2 is 1.74 bits per heavy atom. The lowest BCUT2D eigenvalue weighted by Crippen LogP contribution is -2.52. The Morgan fingerprint density at radius 1 is 1.16 bits per heavy atom. The Morgan fingerprint density at radius 3 is 2.21 bits per heavy atom. The smallest absolute Gasteiger partial charge is 0.251 e. The summed E-state index contributed by atoms with van der Waals surface area (Å²) in [6.07, 6.45) is -8.44. The fourth-order valence-electron chi connectivity index (χ4n) is 1.19. The molecule has 0 radical (unpaired) electrons. The van der Waals surface area contributed by atoms with Crippen LogP contribution in [0.25, 0.3) is 0 Å². The summed E-state index contributed by atoms with van der Waals surface area (Å²) in [6.45, 7) is 0.530. The molecule has 0 aromatic rings. The van der Waals surface area contributed by atoms with Crippen LogP contribution in [-0.4, -0.2) is 87.0 Å². The van der Waals surface area contributed by atoms with Gasteiger partial charge in [0.2, 0.25) is 0 Å². The van der Waals surface area contributed by atoms with Crippen molar-refractivity contribution in [3.8, 4) is 0 Å². The van der Waals surface area contributed by atoms with Crippen LogP contribution in [0.2, 0.25) is 0 Å². The molecule has 0 aromatic carbocycles. The van der Waals surface area contributed by atoms with E-state index in [1.165, 1.54) is 6.92 Å². The normalized spacial score (nSPS) is 19.3. The van der Waals surface area contributed by atoms with Gasteiger partial charge in [0.25, 0.3) is 5.91 Å². The average Bonchev–Trinajstić information content (AvgIpc) is 2.39. The van der Waals surface area contributed by atoms with E-state index in [1.807, 2.05) is 0 Å². The Kier molecular flexibility index (Phi) is 8.76. The predicted octanol–water partition coefficient (Wildman–Crippen LogP) is -4.11. The molecule has 5 atom stereocenters. The first-order chi connectivity index (χ1) is 8.81. The largest absolute Gasteiger partial charge is 0.394 e. The third kappa shape index (κ3) is 6.78. The van der Waals surface area contributed by atoms with Crippen molar-refractivity contribution in [1.29, 1.82) is 0 Å². The molecule has 0 aliphatic carbocycles. The molecule has 0 fully saturated rings. The molecule has 0 rings (SSSR count). The third-order valence-corrected chi connectivity index (χ3v) is 2.28. The SMILES string of the molecule is CC(O)OCCNC(=O)[C@H](O)[C@@H](O)[C@H](O)[C@H](O)CO. The van der Waals surface area contributed by atoms with E-state index in [-0.39, 0.29) is 13.2 Å². The number of aliphatic hydroxyl groups is 6. The molecule has 9 nitrogen and oxygen atoms in total. The van der Waals surface area contributed by atoms with Gasteiger partial charge in [-0.05, 0) is 6.92 Å². The lowest BCUT2D eigenvalue weighted by molar-refractivity contribution is -0.149. The van der Waals surface area contributed by atoms with Gasteiger partial charge in [-0.3, -0.25) is 4.79 Å². The number of aliphatic hydroxyl groups excluding tert-OH is 6. The second kappa shape index (κ2) is 9.15. The highest BCUT2D eigenvalue weighted by atomic mass is 16.6. The first-order valence-electron chi connectivity index (χ1n) is 5.71. The predicted molar refractivity (Wildman–Crippen MR) is 61.8 cm³/mol. The molecule has 0 aliphatic heterocycles. The molecule has 19 heavy (non-hydrogen) atoms.